The Labute approximate surface area is 175 Å². The van der Waals surface area contributed by atoms with Crippen LogP contribution in [-0.4, -0.2) is 27.8 Å². The number of nitrogens with zero attached hydrogens (tertiary/aromatic N) is 3. The van der Waals surface area contributed by atoms with E-state index in [1.54, 1.807) is 11.8 Å². The number of aryl methyl sites for hydroxylation is 4. The lowest BCUT2D eigenvalue weighted by Crippen LogP contribution is -2.14. The molecule has 2 heterocycles. The van der Waals surface area contributed by atoms with Gasteiger partial charge in [-0.2, -0.15) is 5.10 Å². The Morgan fingerprint density at radius 1 is 1.07 bits per heavy atom. The van der Waals surface area contributed by atoms with Gasteiger partial charge in [0, 0.05) is 18.3 Å². The van der Waals surface area contributed by atoms with E-state index in [-0.39, 0.29) is 5.91 Å². The van der Waals surface area contributed by atoms with Crippen molar-refractivity contribution >= 4 is 22.6 Å². The minimum atomic E-state index is -0.186. The topological polar surface area (TPSA) is 69.0 Å². The number of fused-ring (bicyclic) bond motifs is 1. The van der Waals surface area contributed by atoms with E-state index in [9.17, 15) is 4.79 Å². The molecule has 1 N–H and O–H groups in total. The number of ether oxygens (including phenoxy) is 1. The van der Waals surface area contributed by atoms with Crippen molar-refractivity contribution in [3.05, 3.63) is 70.9 Å². The van der Waals surface area contributed by atoms with E-state index < -0.39 is 0 Å². The number of pyridine rings is 1. The number of amides is 1. The highest BCUT2D eigenvalue weighted by Gasteiger charge is 2.20. The fourth-order valence-electron chi connectivity index (χ4n) is 3.70. The van der Waals surface area contributed by atoms with Crippen molar-refractivity contribution < 1.29 is 9.53 Å². The molecule has 6 heteroatoms. The van der Waals surface area contributed by atoms with Crippen LogP contribution in [0.3, 0.4) is 0 Å². The molecule has 4 aromatic rings. The summed E-state index contributed by atoms with van der Waals surface area (Å²) >= 11 is 0. The van der Waals surface area contributed by atoms with Crippen LogP contribution >= 0.6 is 0 Å². The largest absolute Gasteiger partial charge is 0.497 e. The van der Waals surface area contributed by atoms with Gasteiger partial charge >= 0.3 is 0 Å². The lowest BCUT2D eigenvalue weighted by molar-refractivity contribution is 0.102. The van der Waals surface area contributed by atoms with Crippen LogP contribution in [0.5, 0.6) is 5.75 Å². The van der Waals surface area contributed by atoms with E-state index in [0.29, 0.717) is 16.9 Å². The predicted molar refractivity (Wildman–Crippen MR) is 119 cm³/mol. The van der Waals surface area contributed by atoms with Crippen LogP contribution in [-0.2, 0) is 7.05 Å². The first kappa shape index (κ1) is 19.6. The van der Waals surface area contributed by atoms with Crippen LogP contribution in [0.2, 0.25) is 0 Å². The molecule has 0 fully saturated rings. The quantitative estimate of drug-likeness (QED) is 0.533. The lowest BCUT2D eigenvalue weighted by atomic mass is 10.0. The van der Waals surface area contributed by atoms with Gasteiger partial charge in [0.2, 0.25) is 0 Å². The maximum absolute atomic E-state index is 13.3. The van der Waals surface area contributed by atoms with Crippen molar-refractivity contribution in [2.45, 2.75) is 20.8 Å². The average molecular weight is 400 g/mol. The molecule has 1 amide bonds. The molecule has 2 aromatic heterocycles. The van der Waals surface area contributed by atoms with Gasteiger partial charge < -0.3 is 10.1 Å². The molecule has 0 atom stereocenters. The fourth-order valence-corrected chi connectivity index (χ4v) is 3.70. The van der Waals surface area contributed by atoms with Crippen LogP contribution in [0.15, 0.2) is 48.5 Å². The normalized spacial score (nSPS) is 11.0. The van der Waals surface area contributed by atoms with Crippen molar-refractivity contribution in [2.24, 2.45) is 7.05 Å². The highest BCUT2D eigenvalue weighted by atomic mass is 16.5. The number of rotatable bonds is 4. The van der Waals surface area contributed by atoms with Crippen molar-refractivity contribution in [1.82, 2.24) is 14.8 Å². The van der Waals surface area contributed by atoms with Gasteiger partial charge in [-0.3, -0.25) is 9.48 Å². The SMILES string of the molecule is COc1cccc(-c2cc(C(=O)Nc3ccc(C)cc3C)c3c(C)nn(C)c3n2)c1. The number of carbonyl (C=O) groups is 1. The number of benzene rings is 2. The van der Waals surface area contributed by atoms with Crippen LogP contribution in [0.4, 0.5) is 5.69 Å². The smallest absolute Gasteiger partial charge is 0.256 e. The van der Waals surface area contributed by atoms with Gasteiger partial charge in [-0.1, -0.05) is 29.8 Å². The molecule has 4 rings (SSSR count). The van der Waals surface area contributed by atoms with Crippen LogP contribution in [0.25, 0.3) is 22.3 Å². The van der Waals surface area contributed by atoms with Crippen molar-refractivity contribution in [2.75, 3.05) is 12.4 Å². The molecule has 6 nitrogen and oxygen atoms in total. The van der Waals surface area contributed by atoms with Crippen LogP contribution in [0.1, 0.15) is 27.2 Å². The number of hydrogen-bond acceptors (Lipinski definition) is 4. The standard InChI is InChI=1S/C24H24N4O2/c1-14-9-10-20(15(2)11-14)26-24(29)19-13-21(17-7-6-8-18(12-17)30-5)25-23-22(19)16(3)27-28(23)4/h6-13H,1-5H3,(H,26,29). The molecule has 2 aromatic carbocycles. The highest BCUT2D eigenvalue weighted by Crippen LogP contribution is 2.29. The summed E-state index contributed by atoms with van der Waals surface area (Å²) in [4.78, 5) is 18.1. The summed E-state index contributed by atoms with van der Waals surface area (Å²) in [7, 11) is 3.46. The monoisotopic (exact) mass is 400 g/mol. The molecule has 0 unspecified atom stereocenters. The summed E-state index contributed by atoms with van der Waals surface area (Å²) in [5.41, 5.74) is 6.50. The second kappa shape index (κ2) is 7.63. The van der Waals surface area contributed by atoms with Crippen molar-refractivity contribution in [3.8, 4) is 17.0 Å². The van der Waals surface area contributed by atoms with E-state index in [2.05, 4.69) is 16.5 Å². The third-order valence-corrected chi connectivity index (χ3v) is 5.21. The number of nitrogens with one attached hydrogen (secondary N) is 1. The van der Waals surface area contributed by atoms with Crippen molar-refractivity contribution in [3.63, 3.8) is 0 Å². The molecule has 0 saturated carbocycles. The van der Waals surface area contributed by atoms with E-state index in [0.717, 1.165) is 39.2 Å². The van der Waals surface area contributed by atoms with E-state index in [1.807, 2.05) is 70.3 Å². The Morgan fingerprint density at radius 2 is 1.87 bits per heavy atom. The average Bonchev–Trinajstić information content (AvgIpc) is 3.03. The predicted octanol–water partition coefficient (Wildman–Crippen LogP) is 4.82. The number of methoxy groups -OCH3 is 1. The minimum absolute atomic E-state index is 0.186. The van der Waals surface area contributed by atoms with Gasteiger partial charge in [0.15, 0.2) is 5.65 Å². The third kappa shape index (κ3) is 3.52. The van der Waals surface area contributed by atoms with Gasteiger partial charge in [-0.05, 0) is 50.6 Å². The number of carbonyl (C=O) groups excluding carboxylic acids is 1. The Kier molecular flexibility index (Phi) is 4.99. The van der Waals surface area contributed by atoms with Crippen LogP contribution in [0, 0.1) is 20.8 Å². The Hall–Kier alpha value is -3.67. The van der Waals surface area contributed by atoms with E-state index >= 15 is 0 Å². The Morgan fingerprint density at radius 3 is 2.60 bits per heavy atom. The minimum Gasteiger partial charge on any atom is -0.497 e. The molecule has 0 radical (unpaired) electrons. The zero-order valence-corrected chi connectivity index (χ0v) is 17.8. The maximum Gasteiger partial charge on any atom is 0.256 e. The molecule has 30 heavy (non-hydrogen) atoms. The van der Waals surface area contributed by atoms with E-state index in [1.165, 1.54) is 0 Å². The summed E-state index contributed by atoms with van der Waals surface area (Å²) in [6.45, 7) is 5.91. The molecular weight excluding hydrogens is 376 g/mol. The Bertz CT molecular complexity index is 1270. The first-order chi connectivity index (χ1) is 14.4. The molecule has 152 valence electrons. The zero-order valence-electron chi connectivity index (χ0n) is 17.8. The maximum atomic E-state index is 13.3. The second-order valence-corrected chi connectivity index (χ2v) is 7.47. The highest BCUT2D eigenvalue weighted by molar-refractivity contribution is 6.13. The summed E-state index contributed by atoms with van der Waals surface area (Å²) < 4.78 is 7.06. The Balaban J connectivity index is 1.86. The van der Waals surface area contributed by atoms with Gasteiger partial charge in [0.1, 0.15) is 5.75 Å². The first-order valence-electron chi connectivity index (χ1n) is 9.74. The summed E-state index contributed by atoms with van der Waals surface area (Å²) in [6, 6.07) is 15.4. The van der Waals surface area contributed by atoms with Gasteiger partial charge in [-0.15, -0.1) is 0 Å². The first-order valence-corrected chi connectivity index (χ1v) is 9.74. The second-order valence-electron chi connectivity index (χ2n) is 7.47. The van der Waals surface area contributed by atoms with Crippen LogP contribution < -0.4 is 10.1 Å². The summed E-state index contributed by atoms with van der Waals surface area (Å²) in [5.74, 6) is 0.548. The summed E-state index contributed by atoms with van der Waals surface area (Å²) in [5, 5.41) is 8.30. The molecule has 0 aliphatic heterocycles. The number of anilines is 1. The fraction of sp³-hybridized carbons (Fsp3) is 0.208. The van der Waals surface area contributed by atoms with E-state index in [4.69, 9.17) is 9.72 Å². The van der Waals surface area contributed by atoms with Gasteiger partial charge in [0.25, 0.3) is 5.91 Å². The van der Waals surface area contributed by atoms with Gasteiger partial charge in [0.05, 0.1) is 29.4 Å². The lowest BCUT2D eigenvalue weighted by Gasteiger charge is -2.12. The zero-order chi connectivity index (χ0) is 21.4. The molecule has 0 aliphatic rings. The van der Waals surface area contributed by atoms with Crippen molar-refractivity contribution in [1.29, 1.82) is 0 Å². The number of hydrogen-bond donors (Lipinski definition) is 1. The molecular formula is C24H24N4O2. The molecule has 0 bridgehead atoms. The summed E-state index contributed by atoms with van der Waals surface area (Å²) in [6.07, 6.45) is 0. The molecule has 0 aliphatic carbocycles. The molecule has 0 spiro atoms. The van der Waals surface area contributed by atoms with Gasteiger partial charge in [-0.25, -0.2) is 4.98 Å². The third-order valence-electron chi connectivity index (χ3n) is 5.21. The molecule has 0 saturated heterocycles. The number of aromatic nitrogens is 3.